The van der Waals surface area contributed by atoms with Gasteiger partial charge in [-0.2, -0.15) is 0 Å². The number of piperidine rings is 1. The lowest BCUT2D eigenvalue weighted by Crippen LogP contribution is -2.48. The molecule has 2 fully saturated rings. The van der Waals surface area contributed by atoms with Crippen molar-refractivity contribution in [1.29, 1.82) is 0 Å². The molecule has 2 aliphatic rings. The van der Waals surface area contributed by atoms with Crippen molar-refractivity contribution in [3.05, 3.63) is 17.5 Å². The highest BCUT2D eigenvalue weighted by Crippen LogP contribution is 2.24. The molecule has 2 saturated heterocycles. The number of ether oxygens (including phenoxy) is 2. The van der Waals surface area contributed by atoms with Gasteiger partial charge in [-0.3, -0.25) is 4.99 Å². The van der Waals surface area contributed by atoms with Crippen LogP contribution in [0.4, 0.5) is 5.00 Å². The lowest BCUT2D eigenvalue weighted by atomic mass is 10.1. The molecule has 0 aliphatic carbocycles. The number of nitrogens with zero attached hydrogens (tertiary/aromatic N) is 2. The highest BCUT2D eigenvalue weighted by Gasteiger charge is 2.20. The molecule has 0 radical (unpaired) electrons. The summed E-state index contributed by atoms with van der Waals surface area (Å²) in [7, 11) is 0. The minimum Gasteiger partial charge on any atom is -0.377 e. The second-order valence-corrected chi connectivity index (χ2v) is 7.75. The second-order valence-electron chi connectivity index (χ2n) is 6.83. The summed E-state index contributed by atoms with van der Waals surface area (Å²) < 4.78 is 11.3. The molecule has 1 aromatic heterocycles. The highest BCUT2D eigenvalue weighted by molar-refractivity contribution is 7.14. The maximum absolute atomic E-state index is 5.70. The van der Waals surface area contributed by atoms with E-state index in [-0.39, 0.29) is 0 Å². The third kappa shape index (κ3) is 6.14. The number of guanidine groups is 1. The second kappa shape index (κ2) is 10.7. The summed E-state index contributed by atoms with van der Waals surface area (Å²) in [6.07, 6.45) is 4.85. The molecular formula is C19H32N4O2S. The number of nitrogens with one attached hydrogen (secondary N) is 2. The molecule has 26 heavy (non-hydrogen) atoms. The highest BCUT2D eigenvalue weighted by atomic mass is 32.1. The topological polar surface area (TPSA) is 58.1 Å². The van der Waals surface area contributed by atoms with Crippen LogP contribution >= 0.6 is 11.3 Å². The number of hydrogen-bond donors (Lipinski definition) is 2. The molecule has 1 aromatic rings. The van der Waals surface area contributed by atoms with E-state index in [0.717, 1.165) is 57.9 Å². The van der Waals surface area contributed by atoms with Gasteiger partial charge in [0, 0.05) is 32.3 Å². The van der Waals surface area contributed by atoms with E-state index in [4.69, 9.17) is 9.47 Å². The van der Waals surface area contributed by atoms with Crippen molar-refractivity contribution in [2.75, 3.05) is 50.9 Å². The summed E-state index contributed by atoms with van der Waals surface area (Å²) in [4.78, 5) is 7.14. The predicted octanol–water partition coefficient (Wildman–Crippen LogP) is 2.47. The van der Waals surface area contributed by atoms with Crippen LogP contribution in [0.1, 0.15) is 32.6 Å². The summed E-state index contributed by atoms with van der Waals surface area (Å²) >= 11 is 1.82. The monoisotopic (exact) mass is 380 g/mol. The van der Waals surface area contributed by atoms with Gasteiger partial charge in [-0.1, -0.05) is 0 Å². The van der Waals surface area contributed by atoms with Crippen molar-refractivity contribution in [1.82, 2.24) is 10.6 Å². The van der Waals surface area contributed by atoms with Crippen molar-refractivity contribution >= 4 is 22.3 Å². The van der Waals surface area contributed by atoms with E-state index in [1.165, 1.54) is 5.00 Å². The molecule has 6 nitrogen and oxygen atoms in total. The molecule has 3 rings (SSSR count). The third-order valence-corrected chi connectivity index (χ3v) is 5.76. The molecular weight excluding hydrogens is 348 g/mol. The summed E-state index contributed by atoms with van der Waals surface area (Å²) in [5.41, 5.74) is 0. The smallest absolute Gasteiger partial charge is 0.191 e. The van der Waals surface area contributed by atoms with Crippen LogP contribution in [0.3, 0.4) is 0 Å². The van der Waals surface area contributed by atoms with Gasteiger partial charge in [-0.15, -0.1) is 11.3 Å². The Balaban J connectivity index is 1.35. The predicted molar refractivity (Wildman–Crippen MR) is 108 cm³/mol. The number of rotatable bonds is 8. The van der Waals surface area contributed by atoms with Crippen LogP contribution in [0.25, 0.3) is 0 Å². The van der Waals surface area contributed by atoms with Crippen molar-refractivity contribution in [3.63, 3.8) is 0 Å². The summed E-state index contributed by atoms with van der Waals surface area (Å²) in [5.74, 6) is 0.905. The average Bonchev–Trinajstić information content (AvgIpc) is 3.36. The Bertz CT molecular complexity index is 524. The van der Waals surface area contributed by atoms with Crippen LogP contribution in [-0.4, -0.2) is 64.1 Å². The summed E-state index contributed by atoms with van der Waals surface area (Å²) in [6, 6.07) is 4.82. The van der Waals surface area contributed by atoms with E-state index in [2.05, 4.69) is 45.0 Å². The molecule has 2 aliphatic heterocycles. The molecule has 0 spiro atoms. The summed E-state index contributed by atoms with van der Waals surface area (Å²) in [5, 5.41) is 10.5. The molecule has 0 amide bonds. The van der Waals surface area contributed by atoms with Gasteiger partial charge in [0.05, 0.1) is 30.9 Å². The normalized spacial score (nSPS) is 22.0. The van der Waals surface area contributed by atoms with Crippen LogP contribution in [0.2, 0.25) is 0 Å². The number of aliphatic imine (C=N–C) groups is 1. The van der Waals surface area contributed by atoms with E-state index in [9.17, 15) is 0 Å². The van der Waals surface area contributed by atoms with Crippen LogP contribution in [0.5, 0.6) is 0 Å². The first-order valence-corrected chi connectivity index (χ1v) is 10.8. The number of thiophene rings is 1. The standard InChI is InChI=1S/C19H32N4O2S/c1-2-20-19(21-9-13-24-15-17-5-3-12-25-17)22-16-7-10-23(11-8-16)18-6-4-14-26-18/h4,6,14,16-17H,2-3,5,7-13,15H2,1H3,(H2,20,21,22). The average molecular weight is 381 g/mol. The van der Waals surface area contributed by atoms with E-state index in [1.54, 1.807) is 0 Å². The van der Waals surface area contributed by atoms with Crippen molar-refractivity contribution in [3.8, 4) is 0 Å². The first-order valence-electron chi connectivity index (χ1n) is 9.88. The minimum atomic E-state index is 0.291. The van der Waals surface area contributed by atoms with Gasteiger partial charge in [0.15, 0.2) is 5.96 Å². The van der Waals surface area contributed by atoms with E-state index in [1.807, 2.05) is 11.3 Å². The van der Waals surface area contributed by atoms with Crippen LogP contribution in [0, 0.1) is 0 Å². The zero-order valence-corrected chi connectivity index (χ0v) is 16.6. The Kier molecular flexibility index (Phi) is 8.04. The zero-order chi connectivity index (χ0) is 18.0. The Labute approximate surface area is 161 Å². The maximum Gasteiger partial charge on any atom is 0.191 e. The molecule has 1 unspecified atom stereocenters. The first kappa shape index (κ1) is 19.5. The van der Waals surface area contributed by atoms with Crippen molar-refractivity contribution in [2.24, 2.45) is 4.99 Å². The molecule has 3 heterocycles. The van der Waals surface area contributed by atoms with Crippen molar-refractivity contribution in [2.45, 2.75) is 44.8 Å². The van der Waals surface area contributed by atoms with Gasteiger partial charge in [0.2, 0.25) is 0 Å². The largest absolute Gasteiger partial charge is 0.377 e. The number of anilines is 1. The quantitative estimate of drug-likeness (QED) is 0.412. The van der Waals surface area contributed by atoms with Gasteiger partial charge in [-0.05, 0) is 50.1 Å². The fraction of sp³-hybridized carbons (Fsp3) is 0.737. The van der Waals surface area contributed by atoms with Gasteiger partial charge < -0.3 is 25.0 Å². The van der Waals surface area contributed by atoms with E-state index < -0.39 is 0 Å². The Morgan fingerprint density at radius 2 is 2.27 bits per heavy atom. The maximum atomic E-state index is 5.70. The SMILES string of the molecule is CCNC(=NCCOCC1CCCO1)NC1CCN(c2cccs2)CC1. The fourth-order valence-corrected chi connectivity index (χ4v) is 4.21. The number of hydrogen-bond acceptors (Lipinski definition) is 5. The molecule has 1 atom stereocenters. The van der Waals surface area contributed by atoms with Gasteiger partial charge in [0.1, 0.15) is 0 Å². The van der Waals surface area contributed by atoms with Gasteiger partial charge in [0.25, 0.3) is 0 Å². The summed E-state index contributed by atoms with van der Waals surface area (Å²) in [6.45, 7) is 8.07. The van der Waals surface area contributed by atoms with Gasteiger partial charge in [-0.25, -0.2) is 0 Å². The van der Waals surface area contributed by atoms with Crippen LogP contribution in [-0.2, 0) is 9.47 Å². The third-order valence-electron chi connectivity index (χ3n) is 4.83. The van der Waals surface area contributed by atoms with Crippen LogP contribution < -0.4 is 15.5 Å². The van der Waals surface area contributed by atoms with E-state index in [0.29, 0.717) is 31.9 Å². The lowest BCUT2D eigenvalue weighted by molar-refractivity contribution is 0.0200. The Hall–Kier alpha value is -1.31. The lowest BCUT2D eigenvalue weighted by Gasteiger charge is -2.33. The van der Waals surface area contributed by atoms with Crippen LogP contribution in [0.15, 0.2) is 22.5 Å². The molecule has 146 valence electrons. The minimum absolute atomic E-state index is 0.291. The Morgan fingerprint density at radius 3 is 2.96 bits per heavy atom. The Morgan fingerprint density at radius 1 is 1.38 bits per heavy atom. The van der Waals surface area contributed by atoms with Crippen molar-refractivity contribution < 1.29 is 9.47 Å². The van der Waals surface area contributed by atoms with Gasteiger partial charge >= 0.3 is 0 Å². The molecule has 0 bridgehead atoms. The molecule has 7 heteroatoms. The molecule has 2 N–H and O–H groups in total. The zero-order valence-electron chi connectivity index (χ0n) is 15.8. The van der Waals surface area contributed by atoms with E-state index >= 15 is 0 Å². The molecule has 0 aromatic carbocycles. The fourth-order valence-electron chi connectivity index (χ4n) is 3.42. The first-order chi connectivity index (χ1) is 12.8. The molecule has 0 saturated carbocycles.